The molecule has 0 aromatic heterocycles. The Kier molecular flexibility index (Phi) is 5.80. The third-order valence-corrected chi connectivity index (χ3v) is 5.92. The number of rotatable bonds is 4. The van der Waals surface area contributed by atoms with Crippen molar-refractivity contribution in [1.29, 1.82) is 0 Å². The highest BCUT2D eigenvalue weighted by Crippen LogP contribution is 2.51. The maximum Gasteiger partial charge on any atom is 0.334 e. The summed E-state index contributed by atoms with van der Waals surface area (Å²) in [5, 5.41) is 9.08. The highest BCUT2D eigenvalue weighted by Gasteiger charge is 2.56. The minimum Gasteiger partial charge on any atom is -0.458 e. The molecule has 7 heteroatoms. The molecule has 156 valence electrons. The number of hydrogen-bond acceptors (Lipinski definition) is 7. The largest absolute Gasteiger partial charge is 0.458 e. The predicted octanol–water partition coefficient (Wildman–Crippen LogP) is 2.02. The minimum atomic E-state index is -0.741. The summed E-state index contributed by atoms with van der Waals surface area (Å²) in [5.41, 5.74) is 2.18. The molecule has 29 heavy (non-hydrogen) atoms. The van der Waals surface area contributed by atoms with E-state index in [0.29, 0.717) is 6.42 Å². The summed E-state index contributed by atoms with van der Waals surface area (Å²) in [7, 11) is 0. The number of ether oxygens (including phenoxy) is 3. The number of aliphatic hydroxyl groups excluding tert-OH is 1. The zero-order valence-corrected chi connectivity index (χ0v) is 16.8. The van der Waals surface area contributed by atoms with E-state index in [2.05, 4.69) is 13.2 Å². The van der Waals surface area contributed by atoms with Crippen molar-refractivity contribution in [2.75, 3.05) is 6.61 Å². The maximum absolute atomic E-state index is 12.6. The van der Waals surface area contributed by atoms with E-state index in [0.717, 1.165) is 11.1 Å². The molecule has 1 aliphatic heterocycles. The van der Waals surface area contributed by atoms with E-state index in [-0.39, 0.29) is 29.6 Å². The first-order chi connectivity index (χ1) is 13.6. The van der Waals surface area contributed by atoms with Gasteiger partial charge in [0.25, 0.3) is 0 Å². The molecule has 0 unspecified atom stereocenters. The molecule has 3 aliphatic rings. The summed E-state index contributed by atoms with van der Waals surface area (Å²) in [4.78, 5) is 36.4. The Hall–Kier alpha value is -2.67. The zero-order chi connectivity index (χ0) is 21.5. The van der Waals surface area contributed by atoms with Crippen LogP contribution in [0.15, 0.2) is 47.6 Å². The lowest BCUT2D eigenvalue weighted by atomic mass is 9.78. The van der Waals surface area contributed by atoms with Gasteiger partial charge in [-0.15, -0.1) is 0 Å². The van der Waals surface area contributed by atoms with Crippen molar-refractivity contribution >= 4 is 17.9 Å². The van der Waals surface area contributed by atoms with Crippen LogP contribution in [0.1, 0.15) is 27.2 Å². The third kappa shape index (κ3) is 3.79. The minimum absolute atomic E-state index is 0.258. The second-order valence-corrected chi connectivity index (χ2v) is 7.83. The molecule has 1 heterocycles. The fraction of sp³-hybridized carbons (Fsp3) is 0.500. The number of carbonyl (C=O) groups is 3. The Labute approximate surface area is 169 Å². The van der Waals surface area contributed by atoms with Crippen LogP contribution in [0.2, 0.25) is 0 Å². The standard InChI is InChI=1S/C22H26O7/c1-10(6-7-23)21(25)29-20-18-12(3)9-15(27-14(5)24)17(18)11(2)8-16-19(20)13(4)22(26)28-16/h6,9,15-20,23H,2,4,7-8H2,1,3,5H3/b10-6+/t15-,16-,17-,18+,19-,20-/m1/s1. The van der Waals surface area contributed by atoms with Crippen LogP contribution in [-0.4, -0.2) is 47.9 Å². The molecule has 0 aromatic carbocycles. The van der Waals surface area contributed by atoms with E-state index in [4.69, 9.17) is 19.3 Å². The van der Waals surface area contributed by atoms with Gasteiger partial charge in [0.15, 0.2) is 0 Å². The third-order valence-electron chi connectivity index (χ3n) is 5.92. The van der Waals surface area contributed by atoms with Crippen molar-refractivity contribution in [3.8, 4) is 0 Å². The van der Waals surface area contributed by atoms with Crippen LogP contribution in [0.5, 0.6) is 0 Å². The number of carbonyl (C=O) groups excluding carboxylic acids is 3. The summed E-state index contributed by atoms with van der Waals surface area (Å²) in [5.74, 6) is -2.67. The first-order valence-electron chi connectivity index (χ1n) is 9.57. The SMILES string of the molecule is C=C1C[C@H]2OC(=O)C(=C)[C@H]2[C@H](OC(=O)/C(C)=C/CO)[C@H]2C(C)=C[C@@H](OC(C)=O)[C@@H]12. The average Bonchev–Trinajstić information content (AvgIpc) is 3.04. The first kappa shape index (κ1) is 21.0. The summed E-state index contributed by atoms with van der Waals surface area (Å²) in [6.45, 7) is 12.5. The summed E-state index contributed by atoms with van der Waals surface area (Å²) >= 11 is 0. The predicted molar refractivity (Wildman–Crippen MR) is 103 cm³/mol. The molecule has 1 saturated carbocycles. The molecule has 1 N–H and O–H groups in total. The molecule has 3 rings (SSSR count). The van der Waals surface area contributed by atoms with Crippen molar-refractivity contribution in [2.24, 2.45) is 17.8 Å². The highest BCUT2D eigenvalue weighted by molar-refractivity contribution is 5.92. The monoisotopic (exact) mass is 402 g/mol. The van der Waals surface area contributed by atoms with E-state index in [1.54, 1.807) is 6.92 Å². The molecule has 0 radical (unpaired) electrons. The van der Waals surface area contributed by atoms with E-state index in [1.807, 2.05) is 13.0 Å². The van der Waals surface area contributed by atoms with E-state index in [1.165, 1.54) is 13.0 Å². The highest BCUT2D eigenvalue weighted by atomic mass is 16.6. The number of esters is 3. The second kappa shape index (κ2) is 7.99. The number of fused-ring (bicyclic) bond motifs is 2. The Morgan fingerprint density at radius 2 is 1.93 bits per heavy atom. The van der Waals surface area contributed by atoms with Gasteiger partial charge in [0.05, 0.1) is 12.5 Å². The summed E-state index contributed by atoms with van der Waals surface area (Å²) in [6.07, 6.45) is 1.77. The zero-order valence-electron chi connectivity index (χ0n) is 16.8. The summed E-state index contributed by atoms with van der Waals surface area (Å²) in [6, 6.07) is 0. The van der Waals surface area contributed by atoms with Crippen LogP contribution < -0.4 is 0 Å². The molecule has 0 bridgehead atoms. The molecule has 2 fully saturated rings. The molecule has 1 saturated heterocycles. The Bertz CT molecular complexity index is 834. The van der Waals surface area contributed by atoms with Crippen molar-refractivity contribution in [1.82, 2.24) is 0 Å². The van der Waals surface area contributed by atoms with Gasteiger partial charge in [-0.25, -0.2) is 9.59 Å². The number of hydrogen-bond donors (Lipinski definition) is 1. The van der Waals surface area contributed by atoms with Gasteiger partial charge in [0.1, 0.15) is 18.3 Å². The van der Waals surface area contributed by atoms with Crippen LogP contribution in [0.25, 0.3) is 0 Å². The van der Waals surface area contributed by atoms with Crippen molar-refractivity contribution in [3.05, 3.63) is 47.6 Å². The van der Waals surface area contributed by atoms with Gasteiger partial charge < -0.3 is 19.3 Å². The van der Waals surface area contributed by atoms with Crippen LogP contribution in [0.4, 0.5) is 0 Å². The topological polar surface area (TPSA) is 99.1 Å². The van der Waals surface area contributed by atoms with Gasteiger partial charge >= 0.3 is 17.9 Å². The summed E-state index contributed by atoms with van der Waals surface area (Å²) < 4.78 is 16.9. The molecular formula is C22H26O7. The second-order valence-electron chi connectivity index (χ2n) is 7.83. The normalized spacial score (nSPS) is 34.0. The number of aliphatic hydroxyl groups is 1. The first-order valence-corrected chi connectivity index (χ1v) is 9.57. The fourth-order valence-electron chi connectivity index (χ4n) is 4.64. The molecule has 0 aromatic rings. The average molecular weight is 402 g/mol. The fourth-order valence-corrected chi connectivity index (χ4v) is 4.64. The van der Waals surface area contributed by atoms with Gasteiger partial charge in [-0.2, -0.15) is 0 Å². The van der Waals surface area contributed by atoms with Gasteiger partial charge in [-0.3, -0.25) is 4.79 Å². The van der Waals surface area contributed by atoms with Crippen molar-refractivity contribution in [3.63, 3.8) is 0 Å². The van der Waals surface area contributed by atoms with Gasteiger partial charge in [-0.1, -0.05) is 24.3 Å². The molecule has 0 amide bonds. The molecule has 2 aliphatic carbocycles. The van der Waals surface area contributed by atoms with Crippen LogP contribution >= 0.6 is 0 Å². The Balaban J connectivity index is 2.03. The van der Waals surface area contributed by atoms with E-state index >= 15 is 0 Å². The lowest BCUT2D eigenvalue weighted by Crippen LogP contribution is -2.40. The van der Waals surface area contributed by atoms with Crippen molar-refractivity contribution < 1.29 is 33.7 Å². The molecule has 0 spiro atoms. The van der Waals surface area contributed by atoms with Crippen LogP contribution in [0, 0.1) is 17.8 Å². The Morgan fingerprint density at radius 3 is 2.55 bits per heavy atom. The van der Waals surface area contributed by atoms with Crippen molar-refractivity contribution in [2.45, 2.75) is 45.5 Å². The smallest absolute Gasteiger partial charge is 0.334 e. The van der Waals surface area contributed by atoms with Gasteiger partial charge in [-0.05, 0) is 26.0 Å². The molecule has 6 atom stereocenters. The maximum atomic E-state index is 12.6. The van der Waals surface area contributed by atoms with Crippen LogP contribution in [-0.2, 0) is 28.6 Å². The van der Waals surface area contributed by atoms with Gasteiger partial charge in [0, 0.05) is 36.3 Å². The lowest BCUT2D eigenvalue weighted by molar-refractivity contribution is -0.153. The van der Waals surface area contributed by atoms with E-state index in [9.17, 15) is 14.4 Å². The van der Waals surface area contributed by atoms with Gasteiger partial charge in [0.2, 0.25) is 0 Å². The Morgan fingerprint density at radius 1 is 1.24 bits per heavy atom. The van der Waals surface area contributed by atoms with Crippen LogP contribution in [0.3, 0.4) is 0 Å². The molecular weight excluding hydrogens is 376 g/mol. The lowest BCUT2D eigenvalue weighted by Gasteiger charge is -2.33. The quantitative estimate of drug-likeness (QED) is 0.332. The molecule has 7 nitrogen and oxygen atoms in total. The van der Waals surface area contributed by atoms with E-state index < -0.39 is 42.1 Å².